The fraction of sp³-hybridized carbons (Fsp3) is 1.00. The lowest BCUT2D eigenvalue weighted by Gasteiger charge is -2.18. The first-order valence-corrected chi connectivity index (χ1v) is 11.3. The molecule has 0 saturated carbocycles. The van der Waals surface area contributed by atoms with Crippen LogP contribution in [0.3, 0.4) is 0 Å². The summed E-state index contributed by atoms with van der Waals surface area (Å²) in [5.74, 6) is 0.534. The summed E-state index contributed by atoms with van der Waals surface area (Å²) in [6, 6.07) is 0. The fourth-order valence-corrected chi connectivity index (χ4v) is 3.87. The van der Waals surface area contributed by atoms with Crippen molar-refractivity contribution in [1.82, 2.24) is 0 Å². The summed E-state index contributed by atoms with van der Waals surface area (Å²) >= 11 is 2.22. The van der Waals surface area contributed by atoms with Crippen LogP contribution in [0, 0.1) is 5.92 Å². The second-order valence-electron chi connectivity index (χ2n) is 6.95. The van der Waals surface area contributed by atoms with Crippen molar-refractivity contribution in [2.24, 2.45) is 5.92 Å². The molecule has 2 atom stereocenters. The minimum absolute atomic E-state index is 0.141. The zero-order chi connectivity index (χ0) is 16.5. The van der Waals surface area contributed by atoms with E-state index in [0.29, 0.717) is 5.92 Å². The Morgan fingerprint density at radius 3 is 1.23 bits per heavy atom. The Balaban J connectivity index is 3.48. The van der Waals surface area contributed by atoms with Crippen LogP contribution >= 0.6 is 22.6 Å². The van der Waals surface area contributed by atoms with Gasteiger partial charge in [-0.2, -0.15) is 0 Å². The molecule has 0 saturated heterocycles. The molecule has 2 unspecified atom stereocenters. The van der Waals surface area contributed by atoms with Gasteiger partial charge in [-0.25, -0.2) is 0 Å². The van der Waals surface area contributed by atoms with E-state index in [-0.39, 0.29) is 4.11 Å². The average molecular weight is 424 g/mol. The molecule has 0 amide bonds. The summed E-state index contributed by atoms with van der Waals surface area (Å²) in [7, 11) is 0. The van der Waals surface area contributed by atoms with Crippen LogP contribution in [0.2, 0.25) is 0 Å². The maximum Gasteiger partial charge on any atom is 0.108 e. The molecule has 0 spiro atoms. The number of rotatable bonds is 17. The third kappa shape index (κ3) is 15.6. The van der Waals surface area contributed by atoms with Crippen LogP contribution in [0.5, 0.6) is 0 Å². The van der Waals surface area contributed by atoms with E-state index in [1.165, 1.54) is 103 Å². The van der Waals surface area contributed by atoms with Crippen LogP contribution in [0.4, 0.5) is 0 Å². The molecule has 22 heavy (non-hydrogen) atoms. The van der Waals surface area contributed by atoms with E-state index in [4.69, 9.17) is 0 Å². The highest BCUT2D eigenvalue weighted by Crippen LogP contribution is 2.25. The number of aliphatic hydroxyl groups excluding tert-OH is 1. The molecule has 1 nitrogen and oxygen atoms in total. The molecular weight excluding hydrogens is 383 g/mol. The van der Waals surface area contributed by atoms with Gasteiger partial charge in [0.25, 0.3) is 0 Å². The van der Waals surface area contributed by atoms with Gasteiger partial charge in [0.05, 0.1) is 0 Å². The minimum atomic E-state index is -0.141. The summed E-state index contributed by atoms with van der Waals surface area (Å²) < 4.78 is -0.141. The number of unbranched alkanes of at least 4 members (excludes halogenated alkanes) is 12. The molecule has 0 rings (SSSR count). The maximum absolute atomic E-state index is 9.94. The highest BCUT2D eigenvalue weighted by atomic mass is 127. The normalized spacial score (nSPS) is 14.2. The molecule has 2 heteroatoms. The largest absolute Gasteiger partial charge is 0.382 e. The molecule has 0 fully saturated rings. The Morgan fingerprint density at radius 2 is 0.909 bits per heavy atom. The number of hydrogen-bond acceptors (Lipinski definition) is 1. The first-order valence-electron chi connectivity index (χ1n) is 10.0. The van der Waals surface area contributed by atoms with Crippen LogP contribution in [-0.2, 0) is 0 Å². The number of aliphatic hydroxyl groups is 1. The Morgan fingerprint density at radius 1 is 0.591 bits per heavy atom. The van der Waals surface area contributed by atoms with Gasteiger partial charge in [0, 0.05) is 0 Å². The van der Waals surface area contributed by atoms with E-state index < -0.39 is 0 Å². The van der Waals surface area contributed by atoms with Gasteiger partial charge in [-0.05, 0) is 18.8 Å². The summed E-state index contributed by atoms with van der Waals surface area (Å²) in [5, 5.41) is 9.94. The topological polar surface area (TPSA) is 20.2 Å². The lowest BCUT2D eigenvalue weighted by atomic mass is 9.95. The van der Waals surface area contributed by atoms with E-state index in [2.05, 4.69) is 36.4 Å². The Hall–Kier alpha value is 0.690. The van der Waals surface area contributed by atoms with Crippen molar-refractivity contribution in [3.63, 3.8) is 0 Å². The second-order valence-corrected chi connectivity index (χ2v) is 8.23. The maximum atomic E-state index is 9.94. The van der Waals surface area contributed by atoms with Gasteiger partial charge in [0.2, 0.25) is 0 Å². The second kappa shape index (κ2) is 18.0. The Bertz CT molecular complexity index is 206. The van der Waals surface area contributed by atoms with Crippen molar-refractivity contribution >= 4 is 22.6 Å². The first kappa shape index (κ1) is 22.7. The standard InChI is InChI=1S/C20H41IO/c1-3-5-7-9-11-12-14-16-18-19(20(21)22)17-15-13-10-8-6-4-2/h19-20,22H,3-18H2,1-2H3. The van der Waals surface area contributed by atoms with Gasteiger partial charge in [-0.1, -0.05) is 126 Å². The molecule has 0 aliphatic carbocycles. The molecule has 0 aromatic rings. The van der Waals surface area contributed by atoms with Gasteiger partial charge in [-0.15, -0.1) is 0 Å². The lowest BCUT2D eigenvalue weighted by molar-refractivity contribution is 0.186. The van der Waals surface area contributed by atoms with Crippen molar-refractivity contribution < 1.29 is 5.11 Å². The van der Waals surface area contributed by atoms with Crippen LogP contribution in [0.15, 0.2) is 0 Å². The Labute approximate surface area is 154 Å². The third-order valence-corrected chi connectivity index (χ3v) is 5.76. The van der Waals surface area contributed by atoms with Crippen molar-refractivity contribution in [2.75, 3.05) is 0 Å². The fourth-order valence-electron chi connectivity index (χ4n) is 3.15. The van der Waals surface area contributed by atoms with Crippen molar-refractivity contribution in [3.8, 4) is 0 Å². The van der Waals surface area contributed by atoms with E-state index in [1.54, 1.807) is 0 Å². The molecule has 0 bridgehead atoms. The summed E-state index contributed by atoms with van der Waals surface area (Å²) in [5.41, 5.74) is 0. The smallest absolute Gasteiger partial charge is 0.108 e. The summed E-state index contributed by atoms with van der Waals surface area (Å²) in [4.78, 5) is 0. The molecule has 0 aliphatic rings. The summed E-state index contributed by atoms with van der Waals surface area (Å²) in [6.07, 6.45) is 21.7. The molecule has 0 aromatic carbocycles. The average Bonchev–Trinajstić information content (AvgIpc) is 2.50. The van der Waals surface area contributed by atoms with Crippen LogP contribution in [0.1, 0.15) is 117 Å². The van der Waals surface area contributed by atoms with Gasteiger partial charge in [0.15, 0.2) is 0 Å². The monoisotopic (exact) mass is 424 g/mol. The van der Waals surface area contributed by atoms with E-state index in [0.717, 1.165) is 0 Å². The molecular formula is C20H41IO. The molecule has 134 valence electrons. The van der Waals surface area contributed by atoms with Crippen LogP contribution in [0.25, 0.3) is 0 Å². The van der Waals surface area contributed by atoms with Crippen LogP contribution < -0.4 is 0 Å². The summed E-state index contributed by atoms with van der Waals surface area (Å²) in [6.45, 7) is 4.55. The van der Waals surface area contributed by atoms with Gasteiger partial charge in [-0.3, -0.25) is 0 Å². The van der Waals surface area contributed by atoms with Gasteiger partial charge in [0.1, 0.15) is 4.11 Å². The Kier molecular flexibility index (Phi) is 18.6. The molecule has 0 aliphatic heterocycles. The molecule has 0 heterocycles. The van der Waals surface area contributed by atoms with E-state index >= 15 is 0 Å². The van der Waals surface area contributed by atoms with Crippen molar-refractivity contribution in [2.45, 2.75) is 121 Å². The van der Waals surface area contributed by atoms with E-state index in [9.17, 15) is 5.11 Å². The highest BCUT2D eigenvalue weighted by molar-refractivity contribution is 14.1. The predicted molar refractivity (Wildman–Crippen MR) is 109 cm³/mol. The third-order valence-electron chi connectivity index (χ3n) is 4.75. The molecule has 0 radical (unpaired) electrons. The van der Waals surface area contributed by atoms with Crippen molar-refractivity contribution in [1.29, 1.82) is 0 Å². The zero-order valence-corrected chi connectivity index (χ0v) is 17.5. The van der Waals surface area contributed by atoms with Crippen molar-refractivity contribution in [3.05, 3.63) is 0 Å². The minimum Gasteiger partial charge on any atom is -0.382 e. The lowest BCUT2D eigenvalue weighted by Crippen LogP contribution is -2.13. The highest BCUT2D eigenvalue weighted by Gasteiger charge is 2.15. The number of alkyl halides is 1. The number of halogens is 1. The SMILES string of the molecule is CCCCCCCCCCC(CCCCCCCC)C(O)I. The first-order chi connectivity index (χ1) is 10.7. The molecule has 1 N–H and O–H groups in total. The van der Waals surface area contributed by atoms with E-state index in [1.807, 2.05) is 0 Å². The zero-order valence-electron chi connectivity index (χ0n) is 15.3. The number of hydrogen-bond donors (Lipinski definition) is 1. The predicted octanol–water partition coefficient (Wildman–Crippen LogP) is 7.64. The molecule has 0 aromatic heterocycles. The van der Waals surface area contributed by atoms with Gasteiger partial charge >= 0.3 is 0 Å². The van der Waals surface area contributed by atoms with Crippen LogP contribution in [-0.4, -0.2) is 9.22 Å². The quantitative estimate of drug-likeness (QED) is 0.145. The van der Waals surface area contributed by atoms with Gasteiger partial charge < -0.3 is 5.11 Å².